The summed E-state index contributed by atoms with van der Waals surface area (Å²) in [5.41, 5.74) is 1.46. The van der Waals surface area contributed by atoms with Crippen LogP contribution >= 0.6 is 11.3 Å². The molecule has 1 aromatic heterocycles. The normalized spacial score (nSPS) is 13.9. The maximum Gasteiger partial charge on any atom is 0.264 e. The van der Waals surface area contributed by atoms with Crippen LogP contribution in [0.5, 0.6) is 5.75 Å². The van der Waals surface area contributed by atoms with Crippen LogP contribution in [0.4, 0.5) is 17.1 Å². The second kappa shape index (κ2) is 10.1. The van der Waals surface area contributed by atoms with Crippen LogP contribution in [0.15, 0.2) is 70.9 Å². The van der Waals surface area contributed by atoms with Crippen LogP contribution < -0.4 is 19.7 Å². The zero-order valence-corrected chi connectivity index (χ0v) is 19.8. The van der Waals surface area contributed by atoms with Gasteiger partial charge in [0.25, 0.3) is 10.0 Å². The van der Waals surface area contributed by atoms with Gasteiger partial charge in [0, 0.05) is 35.4 Å². The Morgan fingerprint density at radius 1 is 1.06 bits per heavy atom. The Hall–Kier alpha value is -3.30. The van der Waals surface area contributed by atoms with Crippen LogP contribution in [-0.2, 0) is 14.8 Å². The topological polar surface area (TPSA) is 87.7 Å². The molecule has 0 atom stereocenters. The summed E-state index contributed by atoms with van der Waals surface area (Å²) < 4.78 is 34.5. The number of methoxy groups -OCH3 is 1. The van der Waals surface area contributed by atoms with Gasteiger partial charge >= 0.3 is 0 Å². The first-order chi connectivity index (χ1) is 15.9. The fourth-order valence-electron chi connectivity index (χ4n) is 3.62. The van der Waals surface area contributed by atoms with E-state index >= 15 is 0 Å². The second-order valence-electron chi connectivity index (χ2n) is 7.55. The number of carbonyl (C=O) groups excluding carboxylic acids is 1. The van der Waals surface area contributed by atoms with E-state index in [1.54, 1.807) is 49.6 Å². The predicted octanol–water partition coefficient (Wildman–Crippen LogP) is 4.81. The Kier molecular flexibility index (Phi) is 7.00. The van der Waals surface area contributed by atoms with Gasteiger partial charge in [-0.25, -0.2) is 8.42 Å². The number of hydrogen-bond donors (Lipinski definition) is 2. The molecule has 1 aliphatic rings. The Balaban J connectivity index is 1.61. The molecule has 3 aromatic rings. The van der Waals surface area contributed by atoms with Gasteiger partial charge in [0.1, 0.15) is 10.6 Å². The van der Waals surface area contributed by atoms with Crippen LogP contribution in [0.1, 0.15) is 17.7 Å². The van der Waals surface area contributed by atoms with E-state index in [0.29, 0.717) is 22.8 Å². The molecule has 0 aliphatic carbocycles. The Morgan fingerprint density at radius 3 is 2.45 bits per heavy atom. The van der Waals surface area contributed by atoms with Crippen molar-refractivity contribution in [3.8, 4) is 5.75 Å². The highest BCUT2D eigenvalue weighted by Gasteiger charge is 2.25. The van der Waals surface area contributed by atoms with E-state index in [2.05, 4.69) is 14.9 Å². The SMILES string of the molecule is COc1ccc(NS(=O)(=O)c2cc(NC(=O)C=Cc3cccs3)ccc2N2CCCC2)cc1. The molecule has 2 heterocycles. The second-order valence-corrected chi connectivity index (χ2v) is 10.2. The summed E-state index contributed by atoms with van der Waals surface area (Å²) in [5.74, 6) is 0.305. The largest absolute Gasteiger partial charge is 0.497 e. The summed E-state index contributed by atoms with van der Waals surface area (Å²) >= 11 is 1.53. The predicted molar refractivity (Wildman–Crippen MR) is 134 cm³/mol. The molecule has 0 unspecified atom stereocenters. The van der Waals surface area contributed by atoms with E-state index in [0.717, 1.165) is 30.8 Å². The number of benzene rings is 2. The zero-order valence-electron chi connectivity index (χ0n) is 18.2. The van der Waals surface area contributed by atoms with Crippen molar-refractivity contribution in [2.45, 2.75) is 17.7 Å². The molecule has 2 aromatic carbocycles. The first-order valence-corrected chi connectivity index (χ1v) is 12.9. The van der Waals surface area contributed by atoms with Crippen LogP contribution in [-0.4, -0.2) is 34.5 Å². The van der Waals surface area contributed by atoms with Crippen molar-refractivity contribution in [1.29, 1.82) is 0 Å². The van der Waals surface area contributed by atoms with E-state index < -0.39 is 10.0 Å². The van der Waals surface area contributed by atoms with Gasteiger partial charge in [-0.15, -0.1) is 11.3 Å². The first kappa shape index (κ1) is 22.9. The quantitative estimate of drug-likeness (QED) is 0.449. The molecule has 172 valence electrons. The molecule has 1 amide bonds. The molecule has 2 N–H and O–H groups in total. The molecular formula is C24H25N3O4S2. The molecule has 1 fully saturated rings. The van der Waals surface area contributed by atoms with E-state index in [9.17, 15) is 13.2 Å². The number of ether oxygens (including phenoxy) is 1. The minimum absolute atomic E-state index is 0.125. The number of nitrogens with one attached hydrogen (secondary N) is 2. The molecule has 0 radical (unpaired) electrons. The molecule has 7 nitrogen and oxygen atoms in total. The van der Waals surface area contributed by atoms with Gasteiger partial charge in [0.05, 0.1) is 12.8 Å². The third-order valence-electron chi connectivity index (χ3n) is 5.25. The lowest BCUT2D eigenvalue weighted by Gasteiger charge is -2.22. The van der Waals surface area contributed by atoms with Gasteiger partial charge in [-0.2, -0.15) is 0 Å². The van der Waals surface area contributed by atoms with E-state index in [-0.39, 0.29) is 10.8 Å². The highest BCUT2D eigenvalue weighted by atomic mass is 32.2. The van der Waals surface area contributed by atoms with Gasteiger partial charge in [0.15, 0.2) is 0 Å². The van der Waals surface area contributed by atoms with Crippen molar-refractivity contribution in [2.75, 3.05) is 35.1 Å². The fourth-order valence-corrected chi connectivity index (χ4v) is 5.55. The highest BCUT2D eigenvalue weighted by molar-refractivity contribution is 7.92. The van der Waals surface area contributed by atoms with Crippen molar-refractivity contribution in [1.82, 2.24) is 0 Å². The minimum atomic E-state index is -3.91. The number of sulfonamides is 1. The lowest BCUT2D eigenvalue weighted by atomic mass is 10.2. The number of amides is 1. The van der Waals surface area contributed by atoms with Gasteiger partial charge < -0.3 is 15.0 Å². The van der Waals surface area contributed by atoms with Gasteiger partial charge in [0.2, 0.25) is 5.91 Å². The summed E-state index contributed by atoms with van der Waals surface area (Å²) in [5, 5.41) is 4.70. The van der Waals surface area contributed by atoms with Gasteiger partial charge in [-0.05, 0) is 72.8 Å². The van der Waals surface area contributed by atoms with Crippen molar-refractivity contribution in [3.63, 3.8) is 0 Å². The minimum Gasteiger partial charge on any atom is -0.497 e. The summed E-state index contributed by atoms with van der Waals surface area (Å²) in [7, 11) is -2.35. The first-order valence-electron chi connectivity index (χ1n) is 10.5. The molecule has 1 saturated heterocycles. The molecule has 33 heavy (non-hydrogen) atoms. The standard InChI is InChI=1S/C24H25N3O4S2/c1-31-20-9-6-18(7-10-20)26-33(29,30)23-17-19(8-12-22(23)27-14-2-3-15-27)25-24(28)13-11-21-5-4-16-32-21/h4-13,16-17,26H,2-3,14-15H2,1H3,(H,25,28). The Morgan fingerprint density at radius 2 is 1.79 bits per heavy atom. The number of thiophene rings is 1. The number of nitrogens with zero attached hydrogens (tertiary/aromatic N) is 1. The average Bonchev–Trinajstić information content (AvgIpc) is 3.52. The number of hydrogen-bond acceptors (Lipinski definition) is 6. The average molecular weight is 484 g/mol. The van der Waals surface area contributed by atoms with Crippen molar-refractivity contribution in [3.05, 3.63) is 70.9 Å². The lowest BCUT2D eigenvalue weighted by Crippen LogP contribution is -2.23. The smallest absolute Gasteiger partial charge is 0.264 e. The number of rotatable bonds is 8. The summed E-state index contributed by atoms with van der Waals surface area (Å²) in [6.45, 7) is 1.58. The van der Waals surface area contributed by atoms with Crippen LogP contribution in [0, 0.1) is 0 Å². The zero-order chi connectivity index (χ0) is 23.3. The van der Waals surface area contributed by atoms with E-state index in [4.69, 9.17) is 4.74 Å². The van der Waals surface area contributed by atoms with Crippen molar-refractivity contribution >= 4 is 50.4 Å². The Bertz CT molecular complexity index is 1230. The van der Waals surface area contributed by atoms with Gasteiger partial charge in [-0.3, -0.25) is 9.52 Å². The molecule has 0 spiro atoms. The maximum absolute atomic E-state index is 13.4. The summed E-state index contributed by atoms with van der Waals surface area (Å²) in [6, 6.07) is 15.5. The summed E-state index contributed by atoms with van der Waals surface area (Å²) in [6.07, 6.45) is 5.18. The maximum atomic E-state index is 13.4. The third kappa shape index (κ3) is 5.74. The van der Waals surface area contributed by atoms with E-state index in [1.165, 1.54) is 23.5 Å². The molecule has 0 bridgehead atoms. The van der Waals surface area contributed by atoms with Crippen LogP contribution in [0.25, 0.3) is 6.08 Å². The van der Waals surface area contributed by atoms with E-state index in [1.807, 2.05) is 17.5 Å². The highest BCUT2D eigenvalue weighted by Crippen LogP contribution is 2.32. The molecular weight excluding hydrogens is 458 g/mol. The fraction of sp³-hybridized carbons (Fsp3) is 0.208. The lowest BCUT2D eigenvalue weighted by molar-refractivity contribution is -0.111. The Labute approximate surface area is 197 Å². The monoisotopic (exact) mass is 483 g/mol. The molecule has 0 saturated carbocycles. The summed E-state index contributed by atoms with van der Waals surface area (Å²) in [4.78, 5) is 15.5. The molecule has 4 rings (SSSR count). The number of carbonyl (C=O) groups is 1. The van der Waals surface area contributed by atoms with Crippen LogP contribution in [0.3, 0.4) is 0 Å². The number of anilines is 3. The van der Waals surface area contributed by atoms with Crippen molar-refractivity contribution in [2.24, 2.45) is 0 Å². The van der Waals surface area contributed by atoms with Crippen molar-refractivity contribution < 1.29 is 17.9 Å². The molecule has 9 heteroatoms. The molecule has 1 aliphatic heterocycles. The third-order valence-corrected chi connectivity index (χ3v) is 7.50. The van der Waals surface area contributed by atoms with Crippen LogP contribution in [0.2, 0.25) is 0 Å². The van der Waals surface area contributed by atoms with Gasteiger partial charge in [-0.1, -0.05) is 6.07 Å².